The zero-order valence-electron chi connectivity index (χ0n) is 16.9. The average molecular weight is 407 g/mol. The third kappa shape index (κ3) is 3.07. The van der Waals surface area contributed by atoms with Crippen molar-refractivity contribution in [2.45, 2.75) is 44.9 Å². The molecule has 2 fully saturated rings. The molecule has 1 aromatic carbocycles. The normalized spacial score (nSPS) is 24.3. The Kier molecular flexibility index (Phi) is 4.11. The van der Waals surface area contributed by atoms with Gasteiger partial charge in [0.25, 0.3) is 0 Å². The van der Waals surface area contributed by atoms with Crippen molar-refractivity contribution in [2.24, 2.45) is 17.3 Å². The highest BCUT2D eigenvalue weighted by Crippen LogP contribution is 2.70. The highest BCUT2D eigenvalue weighted by atomic mass is 16.7. The Morgan fingerprint density at radius 3 is 2.87 bits per heavy atom. The molecule has 2 bridgehead atoms. The molecular formula is C23H25N3O4. The third-order valence-corrected chi connectivity index (χ3v) is 7.25. The third-order valence-electron chi connectivity index (χ3n) is 7.25. The van der Waals surface area contributed by atoms with Crippen molar-refractivity contribution >= 4 is 5.91 Å². The molecule has 0 saturated heterocycles. The first-order valence-electron chi connectivity index (χ1n) is 10.9. The van der Waals surface area contributed by atoms with Gasteiger partial charge in [-0.3, -0.25) is 4.79 Å². The van der Waals surface area contributed by atoms with Gasteiger partial charge in [0.05, 0.1) is 6.42 Å². The molecule has 2 aromatic rings. The van der Waals surface area contributed by atoms with Gasteiger partial charge in [-0.1, -0.05) is 17.7 Å². The number of nitrogens with one attached hydrogen (secondary N) is 1. The number of hydrogen-bond acceptors (Lipinski definition) is 6. The molecule has 7 heteroatoms. The molecule has 3 aliphatic carbocycles. The summed E-state index contributed by atoms with van der Waals surface area (Å²) in [6.07, 6.45) is 9.18. The molecule has 1 aliphatic heterocycles. The first-order valence-corrected chi connectivity index (χ1v) is 10.9. The fraction of sp³-hybridized carbons (Fsp3) is 0.522. The van der Waals surface area contributed by atoms with Crippen LogP contribution in [0.5, 0.6) is 11.5 Å². The van der Waals surface area contributed by atoms with Gasteiger partial charge in [0.2, 0.25) is 24.5 Å². The Balaban J connectivity index is 0.986. The van der Waals surface area contributed by atoms with Crippen LogP contribution < -0.4 is 14.8 Å². The number of benzene rings is 1. The number of ether oxygens (including phenoxy) is 2. The van der Waals surface area contributed by atoms with Crippen molar-refractivity contribution in [3.8, 4) is 11.5 Å². The van der Waals surface area contributed by atoms with Crippen LogP contribution >= 0.6 is 0 Å². The van der Waals surface area contributed by atoms with E-state index in [0.29, 0.717) is 43.0 Å². The van der Waals surface area contributed by atoms with Crippen LogP contribution in [0, 0.1) is 17.3 Å². The smallest absolute Gasteiger partial charge is 0.231 e. The van der Waals surface area contributed by atoms with Gasteiger partial charge >= 0.3 is 0 Å². The van der Waals surface area contributed by atoms with Crippen LogP contribution in [0.2, 0.25) is 0 Å². The molecule has 6 rings (SSSR count). The Labute approximate surface area is 174 Å². The van der Waals surface area contributed by atoms with Gasteiger partial charge < -0.3 is 19.2 Å². The molecule has 7 nitrogen and oxygen atoms in total. The van der Waals surface area contributed by atoms with Crippen molar-refractivity contribution in [1.82, 2.24) is 15.5 Å². The number of aromatic nitrogens is 2. The van der Waals surface area contributed by atoms with Crippen molar-refractivity contribution in [3.05, 3.63) is 47.2 Å². The quantitative estimate of drug-likeness (QED) is 0.710. The van der Waals surface area contributed by atoms with E-state index in [1.54, 1.807) is 0 Å². The maximum absolute atomic E-state index is 12.3. The minimum atomic E-state index is 0.0408. The van der Waals surface area contributed by atoms with E-state index in [2.05, 4.69) is 21.6 Å². The molecular weight excluding hydrogens is 382 g/mol. The maximum Gasteiger partial charge on any atom is 0.231 e. The first kappa shape index (κ1) is 18.0. The second-order valence-corrected chi connectivity index (χ2v) is 8.94. The van der Waals surface area contributed by atoms with E-state index in [1.807, 2.05) is 18.2 Å². The molecule has 4 aliphatic rings. The second kappa shape index (κ2) is 6.86. The number of allylic oxidation sites excluding steroid dienone is 1. The predicted octanol–water partition coefficient (Wildman–Crippen LogP) is 3.18. The Hall–Kier alpha value is -2.83. The second-order valence-electron chi connectivity index (χ2n) is 8.94. The van der Waals surface area contributed by atoms with Crippen molar-refractivity contribution < 1.29 is 18.7 Å². The van der Waals surface area contributed by atoms with E-state index in [4.69, 9.17) is 13.9 Å². The van der Waals surface area contributed by atoms with Crippen LogP contribution in [0.25, 0.3) is 0 Å². The number of carbonyl (C=O) groups excluding carboxylic acids is 1. The standard InChI is InChI=1S/C23H25N3O4/c27-20(24-12-15-11-16-2-3-17(15)23(16)7-8-23)5-6-21-25-26-22(30-21)10-14-1-4-18-19(9-14)29-13-28-18/h1,4,9,11,16-17H,2-3,5-8,10,12-13H2,(H,24,27). The molecule has 2 heterocycles. The number of nitrogens with zero attached hydrogens (tertiary/aromatic N) is 2. The number of aryl methyl sites for hydroxylation is 1. The average Bonchev–Trinajstić information content (AvgIpc) is 3.05. The predicted molar refractivity (Wildman–Crippen MR) is 107 cm³/mol. The van der Waals surface area contributed by atoms with Crippen LogP contribution in [0.1, 0.15) is 49.4 Å². The van der Waals surface area contributed by atoms with E-state index < -0.39 is 0 Å². The summed E-state index contributed by atoms with van der Waals surface area (Å²) in [6, 6.07) is 5.77. The Bertz CT molecular complexity index is 1020. The SMILES string of the molecule is O=C(CCc1nnc(Cc2ccc3c(c2)OCO3)o1)NCC1=CC2CCC1C21CC1. The molecule has 2 unspecified atom stereocenters. The number of rotatable bonds is 7. The topological polar surface area (TPSA) is 86.5 Å². The van der Waals surface area contributed by atoms with Crippen molar-refractivity contribution in [1.29, 1.82) is 0 Å². The fourth-order valence-corrected chi connectivity index (χ4v) is 5.60. The van der Waals surface area contributed by atoms with E-state index in [0.717, 1.165) is 28.9 Å². The fourth-order valence-electron chi connectivity index (χ4n) is 5.60. The number of fused-ring (bicyclic) bond motifs is 1. The molecule has 1 spiro atoms. The zero-order chi connectivity index (χ0) is 20.1. The van der Waals surface area contributed by atoms with E-state index >= 15 is 0 Å². The summed E-state index contributed by atoms with van der Waals surface area (Å²) in [5.74, 6) is 4.06. The molecule has 1 amide bonds. The lowest BCUT2D eigenvalue weighted by Crippen LogP contribution is -2.28. The highest BCUT2D eigenvalue weighted by molar-refractivity contribution is 5.76. The lowest BCUT2D eigenvalue weighted by molar-refractivity contribution is -0.121. The van der Waals surface area contributed by atoms with Gasteiger partial charge in [0.1, 0.15) is 0 Å². The molecule has 156 valence electrons. The minimum Gasteiger partial charge on any atom is -0.454 e. The summed E-state index contributed by atoms with van der Waals surface area (Å²) in [5, 5.41) is 11.3. The lowest BCUT2D eigenvalue weighted by atomic mass is 9.90. The first-order chi connectivity index (χ1) is 14.7. The molecule has 1 aromatic heterocycles. The van der Waals surface area contributed by atoms with Crippen molar-refractivity contribution in [3.63, 3.8) is 0 Å². The number of amides is 1. The van der Waals surface area contributed by atoms with Gasteiger partial charge in [-0.05, 0) is 60.6 Å². The summed E-state index contributed by atoms with van der Waals surface area (Å²) in [5.41, 5.74) is 3.07. The molecule has 2 saturated carbocycles. The largest absolute Gasteiger partial charge is 0.454 e. The van der Waals surface area contributed by atoms with Crippen LogP contribution in [0.15, 0.2) is 34.3 Å². The summed E-state index contributed by atoms with van der Waals surface area (Å²) in [6.45, 7) is 0.950. The van der Waals surface area contributed by atoms with Gasteiger partial charge in [0, 0.05) is 19.4 Å². The van der Waals surface area contributed by atoms with Gasteiger partial charge in [0.15, 0.2) is 11.5 Å². The van der Waals surface area contributed by atoms with Gasteiger partial charge in [-0.25, -0.2) is 0 Å². The number of hydrogen-bond donors (Lipinski definition) is 1. The summed E-state index contributed by atoms with van der Waals surface area (Å²) >= 11 is 0. The summed E-state index contributed by atoms with van der Waals surface area (Å²) < 4.78 is 16.5. The molecule has 1 N–H and O–H groups in total. The molecule has 2 atom stereocenters. The molecule has 0 radical (unpaired) electrons. The maximum atomic E-state index is 12.3. The van der Waals surface area contributed by atoms with Crippen molar-refractivity contribution in [2.75, 3.05) is 13.3 Å². The van der Waals surface area contributed by atoms with Crippen LogP contribution in [0.4, 0.5) is 0 Å². The zero-order valence-corrected chi connectivity index (χ0v) is 16.9. The molecule has 30 heavy (non-hydrogen) atoms. The van der Waals surface area contributed by atoms with Crippen LogP contribution in [0.3, 0.4) is 0 Å². The van der Waals surface area contributed by atoms with E-state index in [9.17, 15) is 4.79 Å². The summed E-state index contributed by atoms with van der Waals surface area (Å²) in [4.78, 5) is 12.3. The Morgan fingerprint density at radius 1 is 1.13 bits per heavy atom. The van der Waals surface area contributed by atoms with Crippen LogP contribution in [-0.2, 0) is 17.6 Å². The van der Waals surface area contributed by atoms with E-state index in [-0.39, 0.29) is 12.7 Å². The van der Waals surface area contributed by atoms with Gasteiger partial charge in [-0.2, -0.15) is 0 Å². The highest BCUT2D eigenvalue weighted by Gasteiger charge is 2.61. The van der Waals surface area contributed by atoms with E-state index in [1.165, 1.54) is 31.3 Å². The summed E-state index contributed by atoms with van der Waals surface area (Å²) in [7, 11) is 0. The lowest BCUT2D eigenvalue weighted by Gasteiger charge is -2.17. The number of carbonyl (C=O) groups is 1. The minimum absolute atomic E-state index is 0.0408. The Morgan fingerprint density at radius 2 is 2.00 bits per heavy atom. The van der Waals surface area contributed by atoms with Gasteiger partial charge in [-0.15, -0.1) is 10.2 Å². The monoisotopic (exact) mass is 407 g/mol. The van der Waals surface area contributed by atoms with Crippen LogP contribution in [-0.4, -0.2) is 29.4 Å².